The summed E-state index contributed by atoms with van der Waals surface area (Å²) in [6, 6.07) is 56.6. The van der Waals surface area contributed by atoms with Crippen molar-refractivity contribution >= 4 is 58.0 Å². The van der Waals surface area contributed by atoms with E-state index in [-0.39, 0.29) is 0 Å². The molecule has 0 saturated carbocycles. The van der Waals surface area contributed by atoms with Crippen LogP contribution in [0.4, 0.5) is 0 Å². The second kappa shape index (κ2) is 13.8. The van der Waals surface area contributed by atoms with Gasteiger partial charge in [0.25, 0.3) is 0 Å². The number of rotatable bonds is 5. The Kier molecular flexibility index (Phi) is 8.16. The van der Waals surface area contributed by atoms with Gasteiger partial charge in [0.1, 0.15) is 0 Å². The first-order valence-electron chi connectivity index (χ1n) is 18.4. The van der Waals surface area contributed by atoms with Gasteiger partial charge in [-0.2, -0.15) is 0 Å². The number of benzene rings is 5. The van der Waals surface area contributed by atoms with Gasteiger partial charge in [-0.05, 0) is 82.5 Å². The van der Waals surface area contributed by atoms with Crippen LogP contribution in [0.3, 0.4) is 0 Å². The molecule has 5 heterocycles. The second-order valence-electron chi connectivity index (χ2n) is 13.7. The molecule has 3 aromatic heterocycles. The van der Waals surface area contributed by atoms with Crippen LogP contribution in [-0.2, 0) is 0 Å². The summed E-state index contributed by atoms with van der Waals surface area (Å²) in [7, 11) is 0. The van der Waals surface area contributed by atoms with Gasteiger partial charge in [0, 0.05) is 49.4 Å². The molecule has 5 aromatic carbocycles. The largest absolute Gasteiger partial charge is 0.354 e. The van der Waals surface area contributed by atoms with Crippen LogP contribution in [-0.4, -0.2) is 19.9 Å². The van der Waals surface area contributed by atoms with Gasteiger partial charge in [0.05, 0.1) is 28.3 Å². The van der Waals surface area contributed by atoms with Gasteiger partial charge in [0.2, 0.25) is 0 Å². The predicted molar refractivity (Wildman–Crippen MR) is 231 cm³/mol. The minimum atomic E-state index is 0.688. The fraction of sp³-hybridized carbons (Fsp3) is 0. The average molecular weight is 725 g/mol. The molecule has 0 spiro atoms. The second-order valence-corrected chi connectivity index (χ2v) is 14.1. The Morgan fingerprint density at radius 2 is 0.727 bits per heavy atom. The number of fused-ring (bicyclic) bond motifs is 8. The number of aromatic amines is 2. The summed E-state index contributed by atoms with van der Waals surface area (Å²) in [6.07, 6.45) is 8.55. The topological polar surface area (TPSA) is 57.4 Å². The first kappa shape index (κ1) is 32.6. The molecule has 0 atom stereocenters. The van der Waals surface area contributed by atoms with E-state index in [2.05, 4.69) is 168 Å². The van der Waals surface area contributed by atoms with Crippen molar-refractivity contribution in [3.63, 3.8) is 0 Å². The summed E-state index contributed by atoms with van der Waals surface area (Å²) in [5.41, 5.74) is 17.7. The third-order valence-electron chi connectivity index (χ3n) is 10.3. The Hall–Kier alpha value is -7.01. The van der Waals surface area contributed by atoms with Crippen molar-refractivity contribution in [2.45, 2.75) is 0 Å². The lowest BCUT2D eigenvalue weighted by Gasteiger charge is -2.08. The molecule has 0 radical (unpaired) electrons. The number of halogens is 1. The lowest BCUT2D eigenvalue weighted by molar-refractivity contribution is 1.31. The van der Waals surface area contributed by atoms with Crippen LogP contribution in [0, 0.1) is 0 Å². The van der Waals surface area contributed by atoms with Crippen LogP contribution < -0.4 is 0 Å². The zero-order valence-corrected chi connectivity index (χ0v) is 30.4. The summed E-state index contributed by atoms with van der Waals surface area (Å²) in [6.45, 7) is 0. The van der Waals surface area contributed by atoms with E-state index in [0.717, 1.165) is 100 Å². The van der Waals surface area contributed by atoms with Gasteiger partial charge < -0.3 is 9.97 Å². The zero-order valence-electron chi connectivity index (χ0n) is 29.7. The van der Waals surface area contributed by atoms with Crippen molar-refractivity contribution in [2.75, 3.05) is 0 Å². The van der Waals surface area contributed by atoms with E-state index in [0.29, 0.717) is 5.02 Å². The predicted octanol–water partition coefficient (Wildman–Crippen LogP) is 13.6. The highest BCUT2D eigenvalue weighted by Crippen LogP contribution is 2.41. The molecule has 2 aliphatic rings. The summed E-state index contributed by atoms with van der Waals surface area (Å²) in [5, 5.41) is 0.688. The highest BCUT2D eigenvalue weighted by Gasteiger charge is 2.21. The van der Waals surface area contributed by atoms with E-state index in [1.165, 1.54) is 0 Å². The van der Waals surface area contributed by atoms with Gasteiger partial charge in [-0.15, -0.1) is 0 Å². The summed E-state index contributed by atoms with van der Waals surface area (Å²) < 4.78 is 0. The van der Waals surface area contributed by atoms with Crippen molar-refractivity contribution in [1.82, 2.24) is 19.9 Å². The van der Waals surface area contributed by atoms with E-state index in [9.17, 15) is 0 Å². The van der Waals surface area contributed by atoms with Gasteiger partial charge in [0.15, 0.2) is 0 Å². The normalized spacial score (nSPS) is 11.9. The highest BCUT2D eigenvalue weighted by atomic mass is 35.5. The summed E-state index contributed by atoms with van der Waals surface area (Å²) >= 11 is 6.46. The van der Waals surface area contributed by atoms with Crippen LogP contribution >= 0.6 is 11.6 Å². The van der Waals surface area contributed by atoms with E-state index in [4.69, 9.17) is 21.6 Å². The SMILES string of the molecule is Clc1ccc(-c2cc3[nH]c2c(-c2ccccc2)c2nc(c(-c4ccccc4)c4ccc([nH]4)c(-c4ccccc4)c4nc(c3-c3ccccc3)C=C4)C=C2)cc1. The maximum absolute atomic E-state index is 6.46. The van der Waals surface area contributed by atoms with Crippen molar-refractivity contribution in [2.24, 2.45) is 0 Å². The molecular weight excluding hydrogens is 692 g/mol. The fourth-order valence-corrected chi connectivity index (χ4v) is 7.90. The number of hydrogen-bond donors (Lipinski definition) is 2. The summed E-state index contributed by atoms with van der Waals surface area (Å²) in [5.74, 6) is 0. The van der Waals surface area contributed by atoms with Crippen LogP contribution in [0.2, 0.25) is 5.02 Å². The molecule has 8 bridgehead atoms. The maximum Gasteiger partial charge on any atom is 0.0737 e. The standard InChI is InChI=1S/C50H33ClN4/c51-37-23-21-32(22-24-37)38-31-45-48(35-17-9-3-10-18-35)43-28-27-41(53-43)46(33-13-5-1-6-14-33)39-25-26-40(52-39)47(34-15-7-2-8-16-34)42-29-30-44(54-42)49(50(38)55-45)36-19-11-4-12-20-36/h1-31,52,55H. The molecule has 0 saturated heterocycles. The molecule has 0 aliphatic carbocycles. The molecule has 0 amide bonds. The van der Waals surface area contributed by atoms with Crippen molar-refractivity contribution < 1.29 is 0 Å². The summed E-state index contributed by atoms with van der Waals surface area (Å²) in [4.78, 5) is 18.7. The third kappa shape index (κ3) is 5.99. The van der Waals surface area contributed by atoms with E-state index < -0.39 is 0 Å². The minimum absolute atomic E-state index is 0.688. The minimum Gasteiger partial charge on any atom is -0.354 e. The van der Waals surface area contributed by atoms with Crippen LogP contribution in [0.15, 0.2) is 164 Å². The third-order valence-corrected chi connectivity index (χ3v) is 10.5. The number of H-pyrrole nitrogens is 2. The molecular formula is C50H33ClN4. The van der Waals surface area contributed by atoms with Gasteiger partial charge in [-0.3, -0.25) is 0 Å². The number of nitrogens with zero attached hydrogens (tertiary/aromatic N) is 2. The van der Waals surface area contributed by atoms with Gasteiger partial charge >= 0.3 is 0 Å². The van der Waals surface area contributed by atoms with Crippen LogP contribution in [0.25, 0.3) is 102 Å². The van der Waals surface area contributed by atoms with Crippen LogP contribution in [0.1, 0.15) is 22.8 Å². The van der Waals surface area contributed by atoms with E-state index >= 15 is 0 Å². The van der Waals surface area contributed by atoms with E-state index in [1.54, 1.807) is 0 Å². The van der Waals surface area contributed by atoms with Gasteiger partial charge in [-0.25, -0.2) is 9.97 Å². The zero-order chi connectivity index (χ0) is 36.7. The first-order chi connectivity index (χ1) is 27.2. The lowest BCUT2D eigenvalue weighted by Crippen LogP contribution is -1.90. The number of aromatic nitrogens is 4. The average Bonchev–Trinajstić information content (AvgIpc) is 4.07. The van der Waals surface area contributed by atoms with Crippen LogP contribution in [0.5, 0.6) is 0 Å². The quantitative estimate of drug-likeness (QED) is 0.186. The molecule has 8 aromatic rings. The Morgan fingerprint density at radius 3 is 1.16 bits per heavy atom. The number of hydrogen-bond acceptors (Lipinski definition) is 2. The van der Waals surface area contributed by atoms with E-state index in [1.807, 2.05) is 30.3 Å². The maximum atomic E-state index is 6.46. The molecule has 0 fully saturated rings. The fourth-order valence-electron chi connectivity index (χ4n) is 7.78. The molecule has 2 aliphatic heterocycles. The first-order valence-corrected chi connectivity index (χ1v) is 18.7. The molecule has 0 unspecified atom stereocenters. The Labute approximate surface area is 323 Å². The monoisotopic (exact) mass is 724 g/mol. The smallest absolute Gasteiger partial charge is 0.0737 e. The molecule has 4 nitrogen and oxygen atoms in total. The molecule has 55 heavy (non-hydrogen) atoms. The van der Waals surface area contributed by atoms with Crippen molar-refractivity contribution in [3.05, 3.63) is 192 Å². The molecule has 5 heteroatoms. The molecule has 260 valence electrons. The Balaban J connectivity index is 1.45. The van der Waals surface area contributed by atoms with Crippen molar-refractivity contribution in [3.8, 4) is 55.6 Å². The highest BCUT2D eigenvalue weighted by molar-refractivity contribution is 6.30. The molecule has 2 N–H and O–H groups in total. The van der Waals surface area contributed by atoms with Crippen molar-refractivity contribution in [1.29, 1.82) is 0 Å². The lowest BCUT2D eigenvalue weighted by atomic mass is 9.98. The Morgan fingerprint density at radius 1 is 0.345 bits per heavy atom. The van der Waals surface area contributed by atoms with Gasteiger partial charge in [-0.1, -0.05) is 145 Å². The molecule has 10 rings (SSSR count). The number of nitrogens with one attached hydrogen (secondary N) is 2. The Bertz CT molecular complexity index is 2940.